The zero-order valence-electron chi connectivity index (χ0n) is 13.0. The second-order valence-electron chi connectivity index (χ2n) is 6.00. The SMILES string of the molecule is COc1ccc(C2(c3csc(N)n3)Cc3ccccc3C2)cc1. The fourth-order valence-corrected chi connectivity index (χ4v) is 4.23. The summed E-state index contributed by atoms with van der Waals surface area (Å²) in [6.07, 6.45) is 1.91. The molecule has 23 heavy (non-hydrogen) atoms. The summed E-state index contributed by atoms with van der Waals surface area (Å²) in [4.78, 5) is 4.63. The van der Waals surface area contributed by atoms with Crippen LogP contribution in [0, 0.1) is 0 Å². The number of anilines is 1. The second kappa shape index (κ2) is 5.39. The monoisotopic (exact) mass is 322 g/mol. The van der Waals surface area contributed by atoms with Crippen molar-refractivity contribution in [2.24, 2.45) is 0 Å². The fraction of sp³-hybridized carbons (Fsp3) is 0.211. The maximum atomic E-state index is 5.92. The molecule has 0 amide bonds. The molecule has 0 aliphatic heterocycles. The number of benzene rings is 2. The summed E-state index contributed by atoms with van der Waals surface area (Å²) < 4.78 is 5.30. The number of methoxy groups -OCH3 is 1. The Morgan fingerprint density at radius 1 is 1.04 bits per heavy atom. The van der Waals surface area contributed by atoms with Crippen LogP contribution >= 0.6 is 11.3 Å². The summed E-state index contributed by atoms with van der Waals surface area (Å²) in [6.45, 7) is 0. The molecule has 0 fully saturated rings. The molecular weight excluding hydrogens is 304 g/mol. The molecule has 0 radical (unpaired) electrons. The molecule has 1 aliphatic carbocycles. The van der Waals surface area contributed by atoms with Gasteiger partial charge in [0.2, 0.25) is 0 Å². The zero-order valence-corrected chi connectivity index (χ0v) is 13.8. The lowest BCUT2D eigenvalue weighted by molar-refractivity contribution is 0.414. The minimum absolute atomic E-state index is 0.135. The number of nitrogen functional groups attached to an aromatic ring is 1. The van der Waals surface area contributed by atoms with E-state index in [9.17, 15) is 0 Å². The van der Waals surface area contributed by atoms with Gasteiger partial charge in [-0.3, -0.25) is 0 Å². The first-order valence-corrected chi connectivity index (χ1v) is 8.52. The molecule has 0 unspecified atom stereocenters. The minimum atomic E-state index is -0.135. The first-order valence-electron chi connectivity index (χ1n) is 7.64. The third-order valence-corrected chi connectivity index (χ3v) is 5.43. The molecule has 0 saturated heterocycles. The van der Waals surface area contributed by atoms with Crippen molar-refractivity contribution < 1.29 is 4.74 Å². The van der Waals surface area contributed by atoms with Crippen LogP contribution in [0.4, 0.5) is 5.13 Å². The Labute approximate surface area is 139 Å². The molecule has 1 heterocycles. The van der Waals surface area contributed by atoms with Crippen molar-refractivity contribution in [3.8, 4) is 5.75 Å². The smallest absolute Gasteiger partial charge is 0.180 e. The standard InChI is InChI=1S/C19H18N2OS/c1-22-16-8-6-15(7-9-16)19(17-12-23-18(20)21-17)10-13-4-2-3-5-14(13)11-19/h2-9,12H,10-11H2,1H3,(H2,20,21). The van der Waals surface area contributed by atoms with E-state index in [4.69, 9.17) is 10.5 Å². The molecule has 1 aliphatic rings. The largest absolute Gasteiger partial charge is 0.497 e. The fourth-order valence-electron chi connectivity index (χ4n) is 3.57. The van der Waals surface area contributed by atoms with Gasteiger partial charge in [-0.05, 0) is 41.7 Å². The molecule has 0 bridgehead atoms. The quantitative estimate of drug-likeness (QED) is 0.797. The lowest BCUT2D eigenvalue weighted by atomic mass is 9.75. The second-order valence-corrected chi connectivity index (χ2v) is 6.89. The average Bonchev–Trinajstić information content (AvgIpc) is 3.19. The number of nitrogens with zero attached hydrogens (tertiary/aromatic N) is 1. The molecule has 0 atom stereocenters. The van der Waals surface area contributed by atoms with E-state index in [1.165, 1.54) is 28.0 Å². The number of nitrogens with two attached hydrogens (primary N) is 1. The summed E-state index contributed by atoms with van der Waals surface area (Å²) in [5.41, 5.74) is 10.9. The van der Waals surface area contributed by atoms with Crippen LogP contribution in [0.1, 0.15) is 22.4 Å². The Hall–Kier alpha value is -2.33. The molecule has 1 aromatic heterocycles. The number of hydrogen-bond donors (Lipinski definition) is 1. The van der Waals surface area contributed by atoms with Gasteiger partial charge in [0.05, 0.1) is 12.8 Å². The molecule has 4 heteroatoms. The van der Waals surface area contributed by atoms with Crippen molar-refractivity contribution in [3.63, 3.8) is 0 Å². The van der Waals surface area contributed by atoms with Gasteiger partial charge in [-0.15, -0.1) is 11.3 Å². The van der Waals surface area contributed by atoms with E-state index in [1.807, 2.05) is 12.1 Å². The topological polar surface area (TPSA) is 48.1 Å². The molecule has 0 saturated carbocycles. The van der Waals surface area contributed by atoms with Gasteiger partial charge in [0.15, 0.2) is 5.13 Å². The van der Waals surface area contributed by atoms with E-state index in [0.717, 1.165) is 24.3 Å². The van der Waals surface area contributed by atoms with Crippen molar-refractivity contribution in [2.45, 2.75) is 18.3 Å². The van der Waals surface area contributed by atoms with Crippen molar-refractivity contribution in [1.82, 2.24) is 4.98 Å². The van der Waals surface area contributed by atoms with Gasteiger partial charge in [0.25, 0.3) is 0 Å². The minimum Gasteiger partial charge on any atom is -0.497 e. The molecule has 2 aromatic carbocycles. The first-order chi connectivity index (χ1) is 11.2. The van der Waals surface area contributed by atoms with E-state index in [-0.39, 0.29) is 5.41 Å². The van der Waals surface area contributed by atoms with E-state index >= 15 is 0 Å². The maximum absolute atomic E-state index is 5.92. The summed E-state index contributed by atoms with van der Waals surface area (Å²) in [5, 5.41) is 2.73. The van der Waals surface area contributed by atoms with E-state index in [1.54, 1.807) is 7.11 Å². The molecule has 0 spiro atoms. The number of aromatic nitrogens is 1. The first kappa shape index (κ1) is 14.3. The van der Waals surface area contributed by atoms with Gasteiger partial charge in [-0.2, -0.15) is 0 Å². The maximum Gasteiger partial charge on any atom is 0.180 e. The third-order valence-electron chi connectivity index (χ3n) is 4.76. The summed E-state index contributed by atoms with van der Waals surface area (Å²) in [7, 11) is 1.69. The molecule has 3 nitrogen and oxygen atoms in total. The lowest BCUT2D eigenvalue weighted by Gasteiger charge is -2.28. The van der Waals surface area contributed by atoms with Gasteiger partial charge >= 0.3 is 0 Å². The Morgan fingerprint density at radius 2 is 1.70 bits per heavy atom. The molecule has 116 valence electrons. The van der Waals surface area contributed by atoms with Crippen LogP contribution in [0.3, 0.4) is 0 Å². The zero-order chi connectivity index (χ0) is 15.9. The molecule has 4 rings (SSSR count). The Morgan fingerprint density at radius 3 is 2.22 bits per heavy atom. The van der Waals surface area contributed by atoms with E-state index in [0.29, 0.717) is 5.13 Å². The highest BCUT2D eigenvalue weighted by Gasteiger charge is 2.42. The van der Waals surface area contributed by atoms with Gasteiger partial charge in [-0.1, -0.05) is 36.4 Å². The number of hydrogen-bond acceptors (Lipinski definition) is 4. The van der Waals surface area contributed by atoms with E-state index < -0.39 is 0 Å². The van der Waals surface area contributed by atoms with Crippen LogP contribution in [0.25, 0.3) is 0 Å². The van der Waals surface area contributed by atoms with Gasteiger partial charge < -0.3 is 10.5 Å². The number of thiazole rings is 1. The van der Waals surface area contributed by atoms with Crippen molar-refractivity contribution in [2.75, 3.05) is 12.8 Å². The number of ether oxygens (including phenoxy) is 1. The number of fused-ring (bicyclic) bond motifs is 1. The summed E-state index contributed by atoms with van der Waals surface area (Å²) >= 11 is 1.51. The van der Waals surface area contributed by atoms with Crippen molar-refractivity contribution >= 4 is 16.5 Å². The van der Waals surface area contributed by atoms with Crippen LogP contribution in [0.5, 0.6) is 5.75 Å². The molecule has 2 N–H and O–H groups in total. The lowest BCUT2D eigenvalue weighted by Crippen LogP contribution is -2.29. The highest BCUT2D eigenvalue weighted by molar-refractivity contribution is 7.13. The van der Waals surface area contributed by atoms with Crippen molar-refractivity contribution in [1.29, 1.82) is 0 Å². The summed E-state index contributed by atoms with van der Waals surface area (Å²) in [5.74, 6) is 0.872. The van der Waals surface area contributed by atoms with Crippen LogP contribution in [0.15, 0.2) is 53.9 Å². The highest BCUT2D eigenvalue weighted by atomic mass is 32.1. The Bertz CT molecular complexity index is 814. The van der Waals surface area contributed by atoms with Crippen LogP contribution < -0.4 is 10.5 Å². The molecule has 3 aromatic rings. The van der Waals surface area contributed by atoms with Gasteiger partial charge in [0.1, 0.15) is 5.75 Å². The van der Waals surface area contributed by atoms with Crippen LogP contribution in [0.2, 0.25) is 0 Å². The number of rotatable bonds is 3. The summed E-state index contributed by atoms with van der Waals surface area (Å²) in [6, 6.07) is 17.0. The normalized spacial score (nSPS) is 15.3. The third kappa shape index (κ3) is 2.30. The van der Waals surface area contributed by atoms with Crippen LogP contribution in [-0.2, 0) is 18.3 Å². The predicted octanol–water partition coefficient (Wildman–Crippen LogP) is 3.82. The highest BCUT2D eigenvalue weighted by Crippen LogP contribution is 2.45. The Balaban J connectivity index is 1.85. The van der Waals surface area contributed by atoms with Gasteiger partial charge in [0, 0.05) is 10.8 Å². The Kier molecular flexibility index (Phi) is 3.34. The van der Waals surface area contributed by atoms with E-state index in [2.05, 4.69) is 46.8 Å². The van der Waals surface area contributed by atoms with Crippen molar-refractivity contribution in [3.05, 3.63) is 76.3 Å². The molecular formula is C19H18N2OS. The van der Waals surface area contributed by atoms with Gasteiger partial charge in [-0.25, -0.2) is 4.98 Å². The average molecular weight is 322 g/mol. The van der Waals surface area contributed by atoms with Crippen LogP contribution in [-0.4, -0.2) is 12.1 Å². The predicted molar refractivity (Wildman–Crippen MR) is 94.2 cm³/mol.